The summed E-state index contributed by atoms with van der Waals surface area (Å²) < 4.78 is 1.96. The molecule has 3 rings (SSSR count). The molecular formula is C10H12ClN5O. The van der Waals surface area contributed by atoms with Crippen LogP contribution in [0.4, 0.5) is 5.95 Å². The van der Waals surface area contributed by atoms with Crippen LogP contribution >= 0.6 is 11.6 Å². The first-order valence-corrected chi connectivity index (χ1v) is 5.83. The average Bonchev–Trinajstić information content (AvgIpc) is 2.61. The van der Waals surface area contributed by atoms with E-state index in [9.17, 15) is 0 Å². The van der Waals surface area contributed by atoms with Crippen molar-refractivity contribution in [3.63, 3.8) is 0 Å². The molecule has 0 aromatic carbocycles. The Balaban J connectivity index is 2.01. The van der Waals surface area contributed by atoms with Crippen LogP contribution in [0.3, 0.4) is 0 Å². The third kappa shape index (κ3) is 1.64. The zero-order valence-corrected chi connectivity index (χ0v) is 9.80. The Kier molecular flexibility index (Phi) is 2.41. The van der Waals surface area contributed by atoms with Crippen molar-refractivity contribution in [1.29, 1.82) is 0 Å². The number of hydrogen-bond acceptors (Lipinski definition) is 5. The zero-order chi connectivity index (χ0) is 12.0. The SMILES string of the molecule is Nc1nc(Cl)c2ncn([C@H]3C[C@@H](CO)C3)c2n1. The number of halogens is 1. The Labute approximate surface area is 102 Å². The molecule has 1 saturated carbocycles. The highest BCUT2D eigenvalue weighted by Gasteiger charge is 2.31. The summed E-state index contributed by atoms with van der Waals surface area (Å²) in [6.45, 7) is 0.237. The normalized spacial score (nSPS) is 23.9. The second kappa shape index (κ2) is 3.82. The lowest BCUT2D eigenvalue weighted by molar-refractivity contribution is 0.114. The van der Waals surface area contributed by atoms with E-state index in [-0.39, 0.29) is 17.7 Å². The molecule has 0 bridgehead atoms. The van der Waals surface area contributed by atoms with Crippen LogP contribution in [-0.2, 0) is 0 Å². The number of anilines is 1. The Morgan fingerprint density at radius 3 is 2.94 bits per heavy atom. The number of nitrogens with two attached hydrogens (primary N) is 1. The van der Waals surface area contributed by atoms with Gasteiger partial charge in [-0.1, -0.05) is 11.6 Å². The molecule has 7 heteroatoms. The van der Waals surface area contributed by atoms with E-state index in [1.807, 2.05) is 4.57 Å². The minimum Gasteiger partial charge on any atom is -0.396 e. The quantitative estimate of drug-likeness (QED) is 0.780. The van der Waals surface area contributed by atoms with Crippen LogP contribution in [0.15, 0.2) is 6.33 Å². The Morgan fingerprint density at radius 1 is 1.47 bits per heavy atom. The van der Waals surface area contributed by atoms with Gasteiger partial charge in [-0.25, -0.2) is 4.98 Å². The first-order valence-electron chi connectivity index (χ1n) is 5.45. The van der Waals surface area contributed by atoms with Crippen LogP contribution in [0.5, 0.6) is 0 Å². The van der Waals surface area contributed by atoms with E-state index in [0.717, 1.165) is 12.8 Å². The molecule has 1 aliphatic carbocycles. The minimum atomic E-state index is 0.155. The number of aliphatic hydroxyl groups excluding tert-OH is 1. The van der Waals surface area contributed by atoms with Crippen molar-refractivity contribution in [1.82, 2.24) is 19.5 Å². The molecular weight excluding hydrogens is 242 g/mol. The van der Waals surface area contributed by atoms with E-state index in [1.165, 1.54) is 0 Å². The van der Waals surface area contributed by atoms with Crippen molar-refractivity contribution in [3.8, 4) is 0 Å². The van der Waals surface area contributed by atoms with Gasteiger partial charge in [0.15, 0.2) is 10.8 Å². The molecule has 3 N–H and O–H groups in total. The molecule has 0 saturated heterocycles. The van der Waals surface area contributed by atoms with Gasteiger partial charge in [0.1, 0.15) is 5.52 Å². The van der Waals surface area contributed by atoms with Crippen LogP contribution in [0.2, 0.25) is 5.15 Å². The maximum Gasteiger partial charge on any atom is 0.223 e. The van der Waals surface area contributed by atoms with Gasteiger partial charge in [0, 0.05) is 12.6 Å². The van der Waals surface area contributed by atoms with Crippen LogP contribution in [0.1, 0.15) is 18.9 Å². The van der Waals surface area contributed by atoms with Crippen molar-refractivity contribution in [3.05, 3.63) is 11.5 Å². The monoisotopic (exact) mass is 253 g/mol. The zero-order valence-electron chi connectivity index (χ0n) is 9.04. The molecule has 1 aliphatic rings. The molecule has 0 radical (unpaired) electrons. The summed E-state index contributed by atoms with van der Waals surface area (Å²) in [6.07, 6.45) is 3.58. The van der Waals surface area contributed by atoms with E-state index < -0.39 is 0 Å². The molecule has 90 valence electrons. The van der Waals surface area contributed by atoms with Crippen LogP contribution < -0.4 is 5.73 Å². The molecule has 6 nitrogen and oxygen atoms in total. The summed E-state index contributed by atoms with van der Waals surface area (Å²) in [7, 11) is 0. The lowest BCUT2D eigenvalue weighted by atomic mass is 9.81. The number of fused-ring (bicyclic) bond motifs is 1. The lowest BCUT2D eigenvalue weighted by Crippen LogP contribution is -2.28. The van der Waals surface area contributed by atoms with Gasteiger partial charge < -0.3 is 15.4 Å². The average molecular weight is 254 g/mol. The van der Waals surface area contributed by atoms with Crippen molar-refractivity contribution >= 4 is 28.7 Å². The Bertz CT molecular complexity index is 563. The van der Waals surface area contributed by atoms with E-state index >= 15 is 0 Å². The topological polar surface area (TPSA) is 89.8 Å². The number of aliphatic hydroxyl groups is 1. The first-order chi connectivity index (χ1) is 8.19. The standard InChI is InChI=1S/C10H12ClN5O/c11-8-7-9(15-10(12)14-8)16(4-13-7)6-1-5(2-6)3-17/h4-6,17H,1-3H2,(H2,12,14,15)/t5-,6+. The highest BCUT2D eigenvalue weighted by Crippen LogP contribution is 2.39. The Morgan fingerprint density at radius 2 is 2.24 bits per heavy atom. The number of nitrogens with zero attached hydrogens (tertiary/aromatic N) is 4. The van der Waals surface area contributed by atoms with E-state index in [0.29, 0.717) is 23.1 Å². The third-order valence-electron chi connectivity index (χ3n) is 3.26. The highest BCUT2D eigenvalue weighted by molar-refractivity contribution is 6.33. The summed E-state index contributed by atoms with van der Waals surface area (Å²) in [5, 5.41) is 9.29. The molecule has 0 spiro atoms. The molecule has 17 heavy (non-hydrogen) atoms. The Hall–Kier alpha value is -1.40. The maximum atomic E-state index is 9.01. The number of hydrogen-bond donors (Lipinski definition) is 2. The van der Waals surface area contributed by atoms with Gasteiger partial charge in [0.05, 0.1) is 6.33 Å². The van der Waals surface area contributed by atoms with Gasteiger partial charge in [-0.15, -0.1) is 0 Å². The maximum absolute atomic E-state index is 9.01. The summed E-state index contributed by atoms with van der Waals surface area (Å²) in [4.78, 5) is 12.2. The fraction of sp³-hybridized carbons (Fsp3) is 0.500. The summed E-state index contributed by atoms with van der Waals surface area (Å²) in [6, 6.07) is 0.322. The molecule has 2 aromatic heterocycles. The smallest absolute Gasteiger partial charge is 0.223 e. The van der Waals surface area contributed by atoms with Crippen molar-refractivity contribution < 1.29 is 5.11 Å². The molecule has 0 amide bonds. The number of rotatable bonds is 2. The van der Waals surface area contributed by atoms with Crippen molar-refractivity contribution in [2.24, 2.45) is 5.92 Å². The molecule has 0 atom stereocenters. The second-order valence-electron chi connectivity index (χ2n) is 4.37. The van der Waals surface area contributed by atoms with Gasteiger partial charge in [0.2, 0.25) is 5.95 Å². The van der Waals surface area contributed by atoms with Crippen LogP contribution in [0.25, 0.3) is 11.2 Å². The van der Waals surface area contributed by atoms with E-state index in [1.54, 1.807) is 6.33 Å². The first kappa shape index (κ1) is 10.7. The van der Waals surface area contributed by atoms with Crippen LogP contribution in [-0.4, -0.2) is 31.2 Å². The third-order valence-corrected chi connectivity index (χ3v) is 3.52. The molecule has 0 unspecified atom stereocenters. The van der Waals surface area contributed by atoms with Gasteiger partial charge in [-0.3, -0.25) is 0 Å². The van der Waals surface area contributed by atoms with Crippen molar-refractivity contribution in [2.45, 2.75) is 18.9 Å². The predicted octanol–water partition coefficient (Wildman–Crippen LogP) is 1.01. The fourth-order valence-electron chi connectivity index (χ4n) is 2.24. The van der Waals surface area contributed by atoms with Gasteiger partial charge in [-0.05, 0) is 18.8 Å². The van der Waals surface area contributed by atoms with Crippen LogP contribution in [0, 0.1) is 5.92 Å². The summed E-state index contributed by atoms with van der Waals surface area (Å²) >= 11 is 5.95. The molecule has 2 aromatic rings. The largest absolute Gasteiger partial charge is 0.396 e. The van der Waals surface area contributed by atoms with Gasteiger partial charge >= 0.3 is 0 Å². The number of aromatic nitrogens is 4. The molecule has 0 aliphatic heterocycles. The molecule has 2 heterocycles. The van der Waals surface area contributed by atoms with Gasteiger partial charge in [0.25, 0.3) is 0 Å². The van der Waals surface area contributed by atoms with E-state index in [4.69, 9.17) is 22.4 Å². The molecule has 1 fully saturated rings. The fourth-order valence-corrected chi connectivity index (χ4v) is 2.46. The summed E-state index contributed by atoms with van der Waals surface area (Å²) in [5.41, 5.74) is 6.83. The predicted molar refractivity (Wildman–Crippen MR) is 63.6 cm³/mol. The summed E-state index contributed by atoms with van der Waals surface area (Å²) in [5.74, 6) is 0.536. The number of imidazole rings is 1. The number of nitrogen functional groups attached to an aromatic ring is 1. The lowest BCUT2D eigenvalue weighted by Gasteiger charge is -2.34. The van der Waals surface area contributed by atoms with Gasteiger partial charge in [-0.2, -0.15) is 9.97 Å². The highest BCUT2D eigenvalue weighted by atomic mass is 35.5. The second-order valence-corrected chi connectivity index (χ2v) is 4.73. The van der Waals surface area contributed by atoms with E-state index in [2.05, 4.69) is 15.0 Å². The minimum absolute atomic E-state index is 0.155. The van der Waals surface area contributed by atoms with Crippen molar-refractivity contribution in [2.75, 3.05) is 12.3 Å².